The Morgan fingerprint density at radius 2 is 1.95 bits per heavy atom. The van der Waals surface area contributed by atoms with E-state index in [0.717, 1.165) is 6.21 Å². The molecule has 0 radical (unpaired) electrons. The first-order valence-corrected chi connectivity index (χ1v) is 6.41. The topological polar surface area (TPSA) is 89.1 Å². The summed E-state index contributed by atoms with van der Waals surface area (Å²) in [7, 11) is 0. The maximum absolute atomic E-state index is 12.5. The summed E-state index contributed by atoms with van der Waals surface area (Å²) < 4.78 is 10.9. The van der Waals surface area contributed by atoms with Gasteiger partial charge in [0.25, 0.3) is 0 Å². The number of Topliss-reactive ketones (excluding diaryl/α,β-unsaturated/α-hetero) is 1. The molecule has 21 heavy (non-hydrogen) atoms. The molecule has 0 bridgehead atoms. The maximum atomic E-state index is 12.5. The summed E-state index contributed by atoms with van der Waals surface area (Å²) in [6.07, 6.45) is 1.12. The van der Waals surface area contributed by atoms with Gasteiger partial charge in [-0.2, -0.15) is 0 Å². The van der Waals surface area contributed by atoms with Crippen LogP contribution in [0.1, 0.15) is 25.3 Å². The van der Waals surface area contributed by atoms with Crippen LogP contribution >= 0.6 is 0 Å². The number of ketones is 1. The zero-order valence-electron chi connectivity index (χ0n) is 11.5. The molecular weight excluding hydrogens is 274 g/mol. The van der Waals surface area contributed by atoms with E-state index in [-0.39, 0.29) is 11.4 Å². The van der Waals surface area contributed by atoms with Gasteiger partial charge in [0, 0.05) is 11.5 Å². The van der Waals surface area contributed by atoms with Crippen LogP contribution in [-0.2, 0) is 4.79 Å². The number of carbonyl (C=O) groups is 1. The van der Waals surface area contributed by atoms with Crippen LogP contribution in [0.25, 0.3) is 11.0 Å². The smallest absolute Gasteiger partial charge is 0.336 e. The lowest BCUT2D eigenvalue weighted by atomic mass is 9.83. The van der Waals surface area contributed by atoms with Gasteiger partial charge < -0.3 is 14.4 Å². The Bertz CT molecular complexity index is 818. The van der Waals surface area contributed by atoms with Crippen LogP contribution in [0.4, 0.5) is 0 Å². The van der Waals surface area contributed by atoms with Gasteiger partial charge in [-0.1, -0.05) is 0 Å². The molecule has 108 valence electrons. The predicted molar refractivity (Wildman–Crippen MR) is 75.2 cm³/mol. The van der Waals surface area contributed by atoms with E-state index >= 15 is 0 Å². The zero-order valence-corrected chi connectivity index (χ0v) is 11.5. The molecule has 1 aromatic heterocycles. The van der Waals surface area contributed by atoms with E-state index < -0.39 is 17.1 Å². The van der Waals surface area contributed by atoms with E-state index in [1.165, 1.54) is 6.07 Å². The number of fused-ring (bicyclic) bond motifs is 3. The molecule has 1 aliphatic heterocycles. The average molecular weight is 287 g/mol. The first-order chi connectivity index (χ1) is 9.94. The summed E-state index contributed by atoms with van der Waals surface area (Å²) in [5.41, 5.74) is -0.893. The Labute approximate surface area is 119 Å². The molecule has 0 spiro atoms. The van der Waals surface area contributed by atoms with Gasteiger partial charge >= 0.3 is 5.63 Å². The van der Waals surface area contributed by atoms with Crippen LogP contribution in [0.2, 0.25) is 0 Å². The summed E-state index contributed by atoms with van der Waals surface area (Å²) in [5, 5.41) is 12.5. The summed E-state index contributed by atoms with van der Waals surface area (Å²) in [4.78, 5) is 23.9. The second-order valence-electron chi connectivity index (χ2n) is 5.37. The minimum absolute atomic E-state index is 0.271. The first-order valence-electron chi connectivity index (χ1n) is 6.41. The predicted octanol–water partition coefficient (Wildman–Crippen LogP) is 2.08. The zero-order chi connectivity index (χ0) is 15.2. The fraction of sp³-hybridized carbons (Fsp3) is 0.267. The van der Waals surface area contributed by atoms with Gasteiger partial charge in [0.1, 0.15) is 11.3 Å². The minimum atomic E-state index is -1.05. The Kier molecular flexibility index (Phi) is 2.83. The molecule has 1 N–H and O–H groups in total. The minimum Gasteiger partial charge on any atom is -0.480 e. The molecule has 1 aliphatic rings. The van der Waals surface area contributed by atoms with Crippen LogP contribution in [-0.4, -0.2) is 22.8 Å². The molecule has 6 nitrogen and oxygen atoms in total. The molecule has 1 atom stereocenters. The number of benzene rings is 1. The van der Waals surface area contributed by atoms with E-state index in [9.17, 15) is 9.59 Å². The molecule has 2 heterocycles. The van der Waals surface area contributed by atoms with Gasteiger partial charge in [-0.25, -0.2) is 4.79 Å². The van der Waals surface area contributed by atoms with Crippen molar-refractivity contribution >= 4 is 23.0 Å². The number of rotatable bonds is 1. The van der Waals surface area contributed by atoms with Gasteiger partial charge in [0.05, 0.1) is 17.7 Å². The van der Waals surface area contributed by atoms with E-state index in [4.69, 9.17) is 14.4 Å². The highest BCUT2D eigenvalue weighted by atomic mass is 16.5. The Hall–Kier alpha value is -2.63. The molecule has 0 unspecified atom stereocenters. The molecule has 0 saturated heterocycles. The summed E-state index contributed by atoms with van der Waals surface area (Å²) in [5.74, 6) is -0.666. The Morgan fingerprint density at radius 3 is 2.67 bits per heavy atom. The highest BCUT2D eigenvalue weighted by Crippen LogP contribution is 2.41. The largest absolute Gasteiger partial charge is 0.480 e. The fourth-order valence-corrected chi connectivity index (χ4v) is 2.56. The third-order valence-corrected chi connectivity index (χ3v) is 3.56. The normalized spacial score (nSPS) is 20.5. The number of nitrogens with zero attached hydrogens (tertiary/aromatic N) is 1. The summed E-state index contributed by atoms with van der Waals surface area (Å²) >= 11 is 0. The van der Waals surface area contributed by atoms with Gasteiger partial charge in [-0.15, -0.1) is 5.16 Å². The van der Waals surface area contributed by atoms with Crippen molar-refractivity contribution in [3.05, 3.63) is 40.2 Å². The molecular formula is C15H13NO5. The summed E-state index contributed by atoms with van der Waals surface area (Å²) in [6.45, 7) is 3.28. The van der Waals surface area contributed by atoms with Crippen molar-refractivity contribution in [2.75, 3.05) is 0 Å². The van der Waals surface area contributed by atoms with E-state index in [1.807, 2.05) is 0 Å². The molecule has 6 heteroatoms. The number of hydrogen-bond acceptors (Lipinski definition) is 6. The van der Waals surface area contributed by atoms with E-state index in [1.54, 1.807) is 32.0 Å². The Balaban J connectivity index is 2.38. The molecule has 0 amide bonds. The molecule has 2 aromatic rings. The van der Waals surface area contributed by atoms with Gasteiger partial charge in [0.15, 0.2) is 11.4 Å². The van der Waals surface area contributed by atoms with Crippen molar-refractivity contribution in [3.8, 4) is 5.75 Å². The average Bonchev–Trinajstić information content (AvgIpc) is 2.43. The van der Waals surface area contributed by atoms with Gasteiger partial charge in [-0.05, 0) is 32.0 Å². The van der Waals surface area contributed by atoms with Crippen molar-refractivity contribution in [1.29, 1.82) is 0 Å². The summed E-state index contributed by atoms with van der Waals surface area (Å²) in [6, 6.07) is 6.37. The number of ether oxygens (including phenoxy) is 1. The van der Waals surface area contributed by atoms with Crippen LogP contribution in [0.15, 0.2) is 38.6 Å². The van der Waals surface area contributed by atoms with Crippen molar-refractivity contribution < 1.29 is 19.2 Å². The first kappa shape index (κ1) is 13.4. The molecule has 0 saturated carbocycles. The molecule has 0 aliphatic carbocycles. The lowest BCUT2D eigenvalue weighted by Crippen LogP contribution is -2.45. The van der Waals surface area contributed by atoms with Crippen molar-refractivity contribution in [2.45, 2.75) is 25.4 Å². The van der Waals surface area contributed by atoms with Gasteiger partial charge in [-0.3, -0.25) is 4.79 Å². The fourth-order valence-electron chi connectivity index (χ4n) is 2.56. The second kappa shape index (κ2) is 4.44. The van der Waals surface area contributed by atoms with Gasteiger partial charge in [0.2, 0.25) is 0 Å². The lowest BCUT2D eigenvalue weighted by Gasteiger charge is -2.34. The second-order valence-corrected chi connectivity index (χ2v) is 5.37. The van der Waals surface area contributed by atoms with Crippen LogP contribution in [0.5, 0.6) is 5.75 Å². The van der Waals surface area contributed by atoms with Crippen molar-refractivity contribution in [2.24, 2.45) is 5.16 Å². The number of carbonyl (C=O) groups excluding carboxylic acids is 1. The SMILES string of the molecule is CC1(C)Oc2ccc3ccc(=O)oc3c2[C@H](/C=N/O)C1=O. The Morgan fingerprint density at radius 1 is 1.24 bits per heavy atom. The van der Waals surface area contributed by atoms with Crippen LogP contribution in [0.3, 0.4) is 0 Å². The van der Waals surface area contributed by atoms with E-state index in [2.05, 4.69) is 5.16 Å². The molecule has 0 fully saturated rings. The molecule has 1 aromatic carbocycles. The standard InChI is InChI=1S/C15H13NO5/c1-15(2)14(18)9(7-16-19)12-10(21-15)5-3-8-4-6-11(17)20-13(8)12/h3-7,9,19H,1-2H3/b16-7+/t9-/m0/s1. The third-order valence-electron chi connectivity index (χ3n) is 3.56. The molecule has 3 rings (SSSR count). The van der Waals surface area contributed by atoms with Crippen molar-refractivity contribution in [3.63, 3.8) is 0 Å². The highest BCUT2D eigenvalue weighted by Gasteiger charge is 2.43. The van der Waals surface area contributed by atoms with Crippen LogP contribution in [0, 0.1) is 0 Å². The van der Waals surface area contributed by atoms with E-state index in [0.29, 0.717) is 16.7 Å². The quantitative estimate of drug-likeness (QED) is 0.375. The number of hydrogen-bond donors (Lipinski definition) is 1. The van der Waals surface area contributed by atoms with Crippen LogP contribution < -0.4 is 10.4 Å². The third kappa shape index (κ3) is 1.99. The number of oxime groups is 1. The monoisotopic (exact) mass is 287 g/mol. The van der Waals surface area contributed by atoms with Crippen molar-refractivity contribution in [1.82, 2.24) is 0 Å². The lowest BCUT2D eigenvalue weighted by molar-refractivity contribution is -0.133. The highest BCUT2D eigenvalue weighted by molar-refractivity contribution is 6.09. The maximum Gasteiger partial charge on any atom is 0.336 e.